The molecule has 160 valence electrons. The SMILES string of the molecule is CCN(CC)C1CCN(Cc2cc(C#CCCc3ccccc3)cc(C)c2C)CC1. The molecule has 2 aromatic rings. The summed E-state index contributed by atoms with van der Waals surface area (Å²) in [4.78, 5) is 5.26. The van der Waals surface area contributed by atoms with Gasteiger partial charge in [0.05, 0.1) is 0 Å². The van der Waals surface area contributed by atoms with E-state index in [1.165, 1.54) is 66.8 Å². The smallest absolute Gasteiger partial charge is 0.0251 e. The molecule has 0 spiro atoms. The molecule has 0 saturated carbocycles. The highest BCUT2D eigenvalue weighted by Gasteiger charge is 2.23. The largest absolute Gasteiger partial charge is 0.301 e. The minimum atomic E-state index is 0.765. The number of benzene rings is 2. The van der Waals surface area contributed by atoms with Gasteiger partial charge in [-0.05, 0) is 93.7 Å². The highest BCUT2D eigenvalue weighted by molar-refractivity contribution is 5.45. The molecule has 1 saturated heterocycles. The Morgan fingerprint density at radius 2 is 1.70 bits per heavy atom. The summed E-state index contributed by atoms with van der Waals surface area (Å²) in [5.74, 6) is 6.81. The Morgan fingerprint density at radius 1 is 1.00 bits per heavy atom. The zero-order valence-electron chi connectivity index (χ0n) is 19.4. The van der Waals surface area contributed by atoms with E-state index in [1.807, 2.05) is 0 Å². The summed E-state index contributed by atoms with van der Waals surface area (Å²) in [5, 5.41) is 0. The second kappa shape index (κ2) is 11.3. The molecule has 2 heteroatoms. The number of aryl methyl sites for hydroxylation is 2. The lowest BCUT2D eigenvalue weighted by Gasteiger charge is -2.38. The van der Waals surface area contributed by atoms with Crippen molar-refractivity contribution in [2.24, 2.45) is 0 Å². The van der Waals surface area contributed by atoms with Crippen LogP contribution in [-0.4, -0.2) is 42.0 Å². The zero-order valence-corrected chi connectivity index (χ0v) is 19.4. The molecule has 1 aliphatic heterocycles. The van der Waals surface area contributed by atoms with Gasteiger partial charge in [-0.3, -0.25) is 4.90 Å². The first-order valence-corrected chi connectivity index (χ1v) is 11.7. The van der Waals surface area contributed by atoms with Crippen LogP contribution in [0, 0.1) is 25.7 Å². The van der Waals surface area contributed by atoms with Crippen LogP contribution in [0.15, 0.2) is 42.5 Å². The molecule has 30 heavy (non-hydrogen) atoms. The van der Waals surface area contributed by atoms with E-state index >= 15 is 0 Å². The third-order valence-corrected chi connectivity index (χ3v) is 6.67. The average molecular weight is 403 g/mol. The lowest BCUT2D eigenvalue weighted by Crippen LogP contribution is -2.44. The maximum atomic E-state index is 3.42. The van der Waals surface area contributed by atoms with E-state index in [0.717, 1.165) is 25.4 Å². The van der Waals surface area contributed by atoms with E-state index in [-0.39, 0.29) is 0 Å². The Morgan fingerprint density at radius 3 is 2.37 bits per heavy atom. The first-order chi connectivity index (χ1) is 14.6. The van der Waals surface area contributed by atoms with Crippen molar-refractivity contribution in [3.63, 3.8) is 0 Å². The topological polar surface area (TPSA) is 6.48 Å². The normalized spacial score (nSPS) is 15.2. The lowest BCUT2D eigenvalue weighted by molar-refractivity contribution is 0.112. The summed E-state index contributed by atoms with van der Waals surface area (Å²) in [6.45, 7) is 14.9. The Labute approximate surface area is 184 Å². The molecule has 0 N–H and O–H groups in total. The van der Waals surface area contributed by atoms with Crippen molar-refractivity contribution in [3.05, 3.63) is 70.3 Å². The van der Waals surface area contributed by atoms with E-state index in [1.54, 1.807) is 0 Å². The Balaban J connectivity index is 1.60. The molecular formula is C28H38N2. The summed E-state index contributed by atoms with van der Waals surface area (Å²) < 4.78 is 0. The van der Waals surface area contributed by atoms with Crippen molar-refractivity contribution in [1.29, 1.82) is 0 Å². The Bertz CT molecular complexity index is 847. The Kier molecular flexibility index (Phi) is 8.55. The first kappa shape index (κ1) is 22.6. The van der Waals surface area contributed by atoms with Gasteiger partial charge in [-0.25, -0.2) is 0 Å². The molecule has 2 aromatic carbocycles. The molecule has 0 unspecified atom stereocenters. The molecule has 1 fully saturated rings. The molecule has 3 rings (SSSR count). The minimum absolute atomic E-state index is 0.765. The van der Waals surface area contributed by atoms with Crippen molar-refractivity contribution >= 4 is 0 Å². The summed E-state index contributed by atoms with van der Waals surface area (Å²) in [6, 6.07) is 16.0. The van der Waals surface area contributed by atoms with Crippen LogP contribution in [0.2, 0.25) is 0 Å². The zero-order chi connectivity index (χ0) is 21.3. The number of nitrogens with zero attached hydrogens (tertiary/aromatic N) is 2. The van der Waals surface area contributed by atoms with Gasteiger partial charge in [0.25, 0.3) is 0 Å². The number of piperidine rings is 1. The maximum absolute atomic E-state index is 3.42. The molecule has 0 amide bonds. The predicted octanol–water partition coefficient (Wildman–Crippen LogP) is 5.59. The summed E-state index contributed by atoms with van der Waals surface area (Å²) in [6.07, 6.45) is 4.51. The monoisotopic (exact) mass is 402 g/mol. The summed E-state index contributed by atoms with van der Waals surface area (Å²) >= 11 is 0. The van der Waals surface area contributed by atoms with Crippen molar-refractivity contribution in [3.8, 4) is 11.8 Å². The maximum Gasteiger partial charge on any atom is 0.0251 e. The van der Waals surface area contributed by atoms with Gasteiger partial charge in [-0.2, -0.15) is 0 Å². The Hall–Kier alpha value is -2.08. The third-order valence-electron chi connectivity index (χ3n) is 6.67. The molecule has 0 bridgehead atoms. The molecule has 1 heterocycles. The van der Waals surface area contributed by atoms with E-state index in [2.05, 4.69) is 91.8 Å². The van der Waals surface area contributed by atoms with Crippen LogP contribution in [0.4, 0.5) is 0 Å². The lowest BCUT2D eigenvalue weighted by atomic mass is 9.97. The molecule has 2 nitrogen and oxygen atoms in total. The number of likely N-dealkylation sites (tertiary alicyclic amines) is 1. The van der Waals surface area contributed by atoms with Crippen molar-refractivity contribution in [1.82, 2.24) is 9.80 Å². The number of rotatable bonds is 7. The minimum Gasteiger partial charge on any atom is -0.301 e. The fraction of sp³-hybridized carbons (Fsp3) is 0.500. The fourth-order valence-electron chi connectivity index (χ4n) is 4.61. The third kappa shape index (κ3) is 6.21. The molecule has 1 aliphatic rings. The van der Waals surface area contributed by atoms with Crippen molar-refractivity contribution < 1.29 is 0 Å². The van der Waals surface area contributed by atoms with E-state index in [4.69, 9.17) is 0 Å². The second-order valence-corrected chi connectivity index (χ2v) is 8.59. The van der Waals surface area contributed by atoms with Crippen LogP contribution in [0.25, 0.3) is 0 Å². The number of hydrogen-bond acceptors (Lipinski definition) is 2. The quantitative estimate of drug-likeness (QED) is 0.557. The van der Waals surface area contributed by atoms with Gasteiger partial charge in [-0.1, -0.05) is 56.0 Å². The van der Waals surface area contributed by atoms with Gasteiger partial charge in [-0.15, -0.1) is 0 Å². The molecule has 0 aliphatic carbocycles. The van der Waals surface area contributed by atoms with Crippen LogP contribution in [0.1, 0.15) is 60.9 Å². The number of hydrogen-bond donors (Lipinski definition) is 0. The fourth-order valence-corrected chi connectivity index (χ4v) is 4.61. The molecular weight excluding hydrogens is 364 g/mol. The van der Waals surface area contributed by atoms with Crippen LogP contribution >= 0.6 is 0 Å². The van der Waals surface area contributed by atoms with Crippen molar-refractivity contribution in [2.75, 3.05) is 26.2 Å². The standard InChI is InChI=1S/C28H38N2/c1-5-30(6-2)28-16-18-29(19-17-28)22-27-21-26(20-23(3)24(27)4)15-11-10-14-25-12-8-7-9-13-25/h7-9,12-13,20-21,28H,5-6,10,14,16-19,22H2,1-4H3. The first-order valence-electron chi connectivity index (χ1n) is 11.7. The molecule has 0 atom stereocenters. The molecule has 0 aromatic heterocycles. The van der Waals surface area contributed by atoms with E-state index in [9.17, 15) is 0 Å². The van der Waals surface area contributed by atoms with Gasteiger partial charge in [0.1, 0.15) is 0 Å². The van der Waals surface area contributed by atoms with E-state index < -0.39 is 0 Å². The van der Waals surface area contributed by atoms with Gasteiger partial charge in [0.2, 0.25) is 0 Å². The van der Waals surface area contributed by atoms with Crippen molar-refractivity contribution in [2.45, 2.75) is 66.0 Å². The second-order valence-electron chi connectivity index (χ2n) is 8.59. The van der Waals surface area contributed by atoms with Gasteiger partial charge in [0, 0.05) is 24.6 Å². The van der Waals surface area contributed by atoms with Crippen LogP contribution in [-0.2, 0) is 13.0 Å². The highest BCUT2D eigenvalue weighted by atomic mass is 15.2. The van der Waals surface area contributed by atoms with Gasteiger partial charge >= 0.3 is 0 Å². The predicted molar refractivity (Wildman–Crippen MR) is 129 cm³/mol. The van der Waals surface area contributed by atoms with Gasteiger partial charge in [0.15, 0.2) is 0 Å². The van der Waals surface area contributed by atoms with Crippen LogP contribution in [0.5, 0.6) is 0 Å². The summed E-state index contributed by atoms with van der Waals surface area (Å²) in [7, 11) is 0. The summed E-state index contributed by atoms with van der Waals surface area (Å²) in [5.41, 5.74) is 6.76. The van der Waals surface area contributed by atoms with Gasteiger partial charge < -0.3 is 4.90 Å². The highest BCUT2D eigenvalue weighted by Crippen LogP contribution is 2.22. The average Bonchev–Trinajstić information content (AvgIpc) is 2.77. The van der Waals surface area contributed by atoms with Crippen LogP contribution in [0.3, 0.4) is 0 Å². The molecule has 0 radical (unpaired) electrons. The van der Waals surface area contributed by atoms with E-state index in [0.29, 0.717) is 0 Å². The van der Waals surface area contributed by atoms with Crippen LogP contribution < -0.4 is 0 Å².